The Morgan fingerprint density at radius 2 is 1.27 bits per heavy atom. The zero-order chi connectivity index (χ0) is 9.07. The summed E-state index contributed by atoms with van der Waals surface area (Å²) in [6, 6.07) is 0. The minimum atomic E-state index is 0. The van der Waals surface area contributed by atoms with Gasteiger partial charge in [0.05, 0.1) is 0 Å². The molecule has 2 rings (SSSR count). The van der Waals surface area contributed by atoms with Gasteiger partial charge in [0.2, 0.25) is 0 Å². The molecule has 0 radical (unpaired) electrons. The normalized spacial score (nSPS) is 11.9. The van der Waals surface area contributed by atoms with E-state index in [2.05, 4.69) is 24.3 Å². The first-order valence-corrected chi connectivity index (χ1v) is 9.71. The summed E-state index contributed by atoms with van der Waals surface area (Å²) in [7, 11) is 0. The number of allylic oxidation sites excluding steroid dienone is 8. The quantitative estimate of drug-likeness (QED) is 0.425. The number of hydrogen-bond donors (Lipinski definition) is 0. The molecular weight excluding hydrogens is 299 g/mol. The summed E-state index contributed by atoms with van der Waals surface area (Å²) in [5.41, 5.74) is 0. The molecule has 0 aliphatic heterocycles. The molecule has 0 nitrogen and oxygen atoms in total. The predicted molar refractivity (Wildman–Crippen MR) is 65.6 cm³/mol. The molecule has 2 aliphatic carbocycles. The molecule has 3 heteroatoms. The second-order valence-corrected chi connectivity index (χ2v) is 2.01. The van der Waals surface area contributed by atoms with Gasteiger partial charge in [0.1, 0.15) is 0 Å². The standard InChI is InChI=1S/2C5H5.2CH3.ClH.H2Si.Zr.H/c2*1-2-4-5-3-1;;;;;;/h2*1-3H,4H2;2*1H3;1H;1H2;;/q4*-1;;;;-1/p-1. The molecule has 88 valence electrons. The first-order valence-electron chi connectivity index (χ1n) is 3.79. The fourth-order valence-corrected chi connectivity index (χ4v) is 0.680. The van der Waals surface area contributed by atoms with Gasteiger partial charge in [-0.3, -0.25) is 12.2 Å². The predicted octanol–water partition coefficient (Wildman–Crippen LogP) is -0.290. The Balaban J connectivity index is -0.0000000360. The molecule has 0 heterocycles. The van der Waals surface area contributed by atoms with Crippen molar-refractivity contribution >= 4 is 6.88 Å². The Kier molecular flexibility index (Phi) is 39.1. The van der Waals surface area contributed by atoms with Gasteiger partial charge in [-0.05, 0) is 0 Å². The van der Waals surface area contributed by atoms with Crippen LogP contribution in [0.3, 0.4) is 0 Å². The van der Waals surface area contributed by atoms with E-state index in [0.29, 0.717) is 0 Å². The van der Waals surface area contributed by atoms with Gasteiger partial charge in [-0.25, -0.2) is 24.3 Å². The molecule has 0 fully saturated rings. The van der Waals surface area contributed by atoms with Crippen LogP contribution in [-0.2, 0) is 23.3 Å². The molecule has 0 bridgehead atoms. The van der Waals surface area contributed by atoms with Crippen molar-refractivity contribution in [3.8, 4) is 0 Å². The first-order chi connectivity index (χ1) is 6.00. The molecule has 0 unspecified atom stereocenters. The summed E-state index contributed by atoms with van der Waals surface area (Å²) >= 11 is 1.58. The summed E-state index contributed by atoms with van der Waals surface area (Å²) in [5.74, 6) is 0. The van der Waals surface area contributed by atoms with E-state index in [1.807, 2.05) is 31.2 Å². The molecule has 0 atom stereocenters. The van der Waals surface area contributed by atoms with E-state index in [9.17, 15) is 0 Å². The van der Waals surface area contributed by atoms with Crippen LogP contribution in [0, 0.1) is 27.0 Å². The fraction of sp³-hybridized carbons (Fsp3) is 0.167. The van der Waals surface area contributed by atoms with E-state index in [4.69, 9.17) is 0 Å². The fourth-order valence-electron chi connectivity index (χ4n) is 0.680. The monoisotopic (exact) mass is 316 g/mol. The van der Waals surface area contributed by atoms with Crippen LogP contribution in [0.25, 0.3) is 0 Å². The van der Waals surface area contributed by atoms with Crippen molar-refractivity contribution in [2.75, 3.05) is 0 Å². The van der Waals surface area contributed by atoms with Crippen molar-refractivity contribution < 1.29 is 37.2 Å². The molecule has 0 amide bonds. The maximum absolute atomic E-state index is 2.99. The van der Waals surface area contributed by atoms with Crippen molar-refractivity contribution in [1.29, 1.82) is 0 Å². The third kappa shape index (κ3) is 20.4. The Bertz CT molecular complexity index is 171. The van der Waals surface area contributed by atoms with Gasteiger partial charge in [0.15, 0.2) is 0 Å². The van der Waals surface area contributed by atoms with E-state index in [1.54, 1.807) is 23.3 Å². The van der Waals surface area contributed by atoms with Crippen LogP contribution in [-0.4, -0.2) is 6.88 Å². The molecule has 15 heavy (non-hydrogen) atoms. The zero-order valence-electron chi connectivity index (χ0n) is 10.5. The van der Waals surface area contributed by atoms with Crippen molar-refractivity contribution in [1.82, 2.24) is 0 Å². The SMILES string of the molecule is [C-]1=CC=CC1.[C-]1=CC=CC1.[CH3-].[CH3-].[Cl-].[H-].[SiH2]=[Zr]. The van der Waals surface area contributed by atoms with E-state index in [1.165, 1.54) is 0 Å². The van der Waals surface area contributed by atoms with Gasteiger partial charge in [0.25, 0.3) is 0 Å². The average Bonchev–Trinajstić information content (AvgIpc) is 2.87. The van der Waals surface area contributed by atoms with Gasteiger partial charge in [-0.15, -0.1) is 12.8 Å². The summed E-state index contributed by atoms with van der Waals surface area (Å²) < 4.78 is 0. The third-order valence-electron chi connectivity index (χ3n) is 1.17. The van der Waals surface area contributed by atoms with E-state index in [0.717, 1.165) is 12.8 Å². The van der Waals surface area contributed by atoms with Gasteiger partial charge in [0, 0.05) is 0 Å². The first kappa shape index (κ1) is 24.5. The number of halogens is 1. The maximum atomic E-state index is 2.99. The Hall–Kier alpha value is 0.350. The summed E-state index contributed by atoms with van der Waals surface area (Å²) in [6.07, 6.45) is 20.0. The van der Waals surface area contributed by atoms with Gasteiger partial charge in [-0.2, -0.15) is 12.2 Å². The van der Waals surface area contributed by atoms with Gasteiger partial charge < -0.3 is 28.7 Å². The Morgan fingerprint density at radius 1 is 0.933 bits per heavy atom. The summed E-state index contributed by atoms with van der Waals surface area (Å²) in [4.78, 5) is 0. The van der Waals surface area contributed by atoms with Crippen LogP contribution in [0.2, 0.25) is 0 Å². The van der Waals surface area contributed by atoms with Crippen LogP contribution >= 0.6 is 0 Å². The van der Waals surface area contributed by atoms with E-state index < -0.39 is 0 Å². The second kappa shape index (κ2) is 23.9. The molecule has 0 saturated carbocycles. The van der Waals surface area contributed by atoms with Crippen LogP contribution in [0.1, 0.15) is 14.3 Å². The van der Waals surface area contributed by atoms with Gasteiger partial charge in [-0.1, -0.05) is 0 Å². The van der Waals surface area contributed by atoms with Crippen LogP contribution < -0.4 is 12.4 Å². The Morgan fingerprint density at radius 3 is 1.33 bits per heavy atom. The van der Waals surface area contributed by atoms with E-state index >= 15 is 0 Å². The number of rotatable bonds is 0. The number of hydrogen-bond acceptors (Lipinski definition) is 0. The van der Waals surface area contributed by atoms with Crippen LogP contribution in [0.5, 0.6) is 0 Å². The molecule has 2 aliphatic rings. The average molecular weight is 318 g/mol. The van der Waals surface area contributed by atoms with E-state index in [-0.39, 0.29) is 28.7 Å². The molecule has 0 aromatic carbocycles. The Labute approximate surface area is 120 Å². The van der Waals surface area contributed by atoms with Crippen molar-refractivity contribution in [3.05, 3.63) is 63.5 Å². The molecule has 0 aromatic heterocycles. The van der Waals surface area contributed by atoms with Crippen molar-refractivity contribution in [2.45, 2.75) is 12.8 Å². The topological polar surface area (TPSA) is 0 Å². The summed E-state index contributed by atoms with van der Waals surface area (Å²) in [5, 5.41) is 0. The zero-order valence-corrected chi connectivity index (χ0v) is 14.1. The van der Waals surface area contributed by atoms with Crippen LogP contribution in [0.15, 0.2) is 36.5 Å². The molecule has 0 spiro atoms. The molecule has 0 saturated heterocycles. The third-order valence-corrected chi connectivity index (χ3v) is 1.17. The van der Waals surface area contributed by atoms with Crippen LogP contribution in [0.4, 0.5) is 0 Å². The van der Waals surface area contributed by atoms with Crippen molar-refractivity contribution in [3.63, 3.8) is 0 Å². The second-order valence-electron chi connectivity index (χ2n) is 2.01. The molecule has 0 N–H and O–H groups in total. The molecule has 0 aromatic rings. The summed E-state index contributed by atoms with van der Waals surface area (Å²) in [6.45, 7) is 1.95. The molecular formula is C12H19ClSiZr-6. The van der Waals surface area contributed by atoms with Gasteiger partial charge >= 0.3 is 30.2 Å². The van der Waals surface area contributed by atoms with Crippen molar-refractivity contribution in [2.24, 2.45) is 0 Å². The minimum absolute atomic E-state index is 0.